The zero-order chi connectivity index (χ0) is 13.7. The van der Waals surface area contributed by atoms with Gasteiger partial charge in [0.2, 0.25) is 0 Å². The SMILES string of the molecule is CC(=Cc1ccc(C)cc1)C(=O)C(C)CN(C)C. The maximum absolute atomic E-state index is 12.2. The highest BCUT2D eigenvalue weighted by Crippen LogP contribution is 2.13. The molecule has 0 aromatic heterocycles. The molecule has 0 N–H and O–H groups in total. The largest absolute Gasteiger partial charge is 0.309 e. The summed E-state index contributed by atoms with van der Waals surface area (Å²) in [6.45, 7) is 6.73. The molecule has 18 heavy (non-hydrogen) atoms. The Morgan fingerprint density at radius 3 is 2.33 bits per heavy atom. The van der Waals surface area contributed by atoms with Crippen molar-refractivity contribution in [1.82, 2.24) is 4.90 Å². The summed E-state index contributed by atoms with van der Waals surface area (Å²) in [6, 6.07) is 8.21. The quantitative estimate of drug-likeness (QED) is 0.743. The Labute approximate surface area is 110 Å². The van der Waals surface area contributed by atoms with E-state index in [0.717, 1.165) is 17.7 Å². The number of hydrogen-bond donors (Lipinski definition) is 0. The lowest BCUT2D eigenvalue weighted by Crippen LogP contribution is -2.26. The highest BCUT2D eigenvalue weighted by Gasteiger charge is 2.15. The van der Waals surface area contributed by atoms with E-state index in [2.05, 4.69) is 19.1 Å². The third-order valence-corrected chi connectivity index (χ3v) is 2.94. The third-order valence-electron chi connectivity index (χ3n) is 2.94. The predicted molar refractivity (Wildman–Crippen MR) is 77.6 cm³/mol. The van der Waals surface area contributed by atoms with E-state index in [4.69, 9.17) is 0 Å². The molecule has 98 valence electrons. The molecule has 0 spiro atoms. The van der Waals surface area contributed by atoms with Gasteiger partial charge in [-0.3, -0.25) is 4.79 Å². The minimum atomic E-state index is 0.0432. The number of hydrogen-bond acceptors (Lipinski definition) is 2. The fourth-order valence-electron chi connectivity index (χ4n) is 2.00. The van der Waals surface area contributed by atoms with E-state index in [9.17, 15) is 4.79 Å². The number of ketones is 1. The summed E-state index contributed by atoms with van der Waals surface area (Å²) in [5, 5.41) is 0. The molecule has 0 radical (unpaired) electrons. The van der Waals surface area contributed by atoms with Crippen molar-refractivity contribution in [3.05, 3.63) is 41.0 Å². The lowest BCUT2D eigenvalue weighted by Gasteiger charge is -2.16. The number of carbonyl (C=O) groups is 1. The van der Waals surface area contributed by atoms with Crippen LogP contribution in [0, 0.1) is 12.8 Å². The van der Waals surface area contributed by atoms with Crippen LogP contribution in [0.3, 0.4) is 0 Å². The molecule has 0 saturated heterocycles. The third kappa shape index (κ3) is 4.46. The molecular weight excluding hydrogens is 222 g/mol. The lowest BCUT2D eigenvalue weighted by atomic mass is 9.98. The van der Waals surface area contributed by atoms with Crippen molar-refractivity contribution in [2.24, 2.45) is 5.92 Å². The van der Waals surface area contributed by atoms with Crippen molar-refractivity contribution >= 4 is 11.9 Å². The topological polar surface area (TPSA) is 20.3 Å². The summed E-state index contributed by atoms with van der Waals surface area (Å²) in [5.74, 6) is 0.269. The normalized spacial score (nSPS) is 13.8. The molecule has 1 unspecified atom stereocenters. The Morgan fingerprint density at radius 1 is 1.28 bits per heavy atom. The average Bonchev–Trinajstić information content (AvgIpc) is 2.30. The van der Waals surface area contributed by atoms with E-state index in [1.54, 1.807) is 0 Å². The molecule has 1 aromatic rings. The van der Waals surface area contributed by atoms with Crippen LogP contribution in [0.1, 0.15) is 25.0 Å². The number of rotatable bonds is 5. The number of aryl methyl sites for hydroxylation is 1. The van der Waals surface area contributed by atoms with Crippen LogP contribution in [0.15, 0.2) is 29.8 Å². The van der Waals surface area contributed by atoms with Gasteiger partial charge in [0.05, 0.1) is 0 Å². The van der Waals surface area contributed by atoms with Crippen molar-refractivity contribution in [3.63, 3.8) is 0 Å². The number of carbonyl (C=O) groups excluding carboxylic acids is 1. The van der Waals surface area contributed by atoms with E-state index in [-0.39, 0.29) is 11.7 Å². The van der Waals surface area contributed by atoms with Crippen LogP contribution in [-0.2, 0) is 4.79 Å². The maximum Gasteiger partial charge on any atom is 0.162 e. The second kappa shape index (κ2) is 6.50. The van der Waals surface area contributed by atoms with Gasteiger partial charge in [0.15, 0.2) is 5.78 Å². The van der Waals surface area contributed by atoms with Gasteiger partial charge in [-0.15, -0.1) is 0 Å². The Morgan fingerprint density at radius 2 is 1.83 bits per heavy atom. The summed E-state index contributed by atoms with van der Waals surface area (Å²) in [6.07, 6.45) is 1.97. The van der Waals surface area contributed by atoms with Gasteiger partial charge in [0.25, 0.3) is 0 Å². The van der Waals surface area contributed by atoms with Crippen molar-refractivity contribution < 1.29 is 4.79 Å². The van der Waals surface area contributed by atoms with Crippen LogP contribution in [-0.4, -0.2) is 31.3 Å². The van der Waals surface area contributed by atoms with Crippen LogP contribution < -0.4 is 0 Å². The Kier molecular flexibility index (Phi) is 5.29. The van der Waals surface area contributed by atoms with Gasteiger partial charge in [-0.2, -0.15) is 0 Å². The molecule has 2 heteroatoms. The smallest absolute Gasteiger partial charge is 0.162 e. The van der Waals surface area contributed by atoms with Crippen molar-refractivity contribution in [3.8, 4) is 0 Å². The van der Waals surface area contributed by atoms with E-state index < -0.39 is 0 Å². The fraction of sp³-hybridized carbons (Fsp3) is 0.438. The second-order valence-corrected chi connectivity index (χ2v) is 5.27. The van der Waals surface area contributed by atoms with Gasteiger partial charge in [-0.1, -0.05) is 36.8 Å². The number of benzene rings is 1. The molecule has 1 aromatic carbocycles. The molecule has 1 atom stereocenters. The zero-order valence-electron chi connectivity index (χ0n) is 12.0. The molecule has 0 fully saturated rings. The van der Waals surface area contributed by atoms with Crippen LogP contribution in [0.2, 0.25) is 0 Å². The van der Waals surface area contributed by atoms with Crippen LogP contribution >= 0.6 is 0 Å². The van der Waals surface area contributed by atoms with Crippen LogP contribution in [0.5, 0.6) is 0 Å². The summed E-state index contributed by atoms with van der Waals surface area (Å²) in [7, 11) is 3.98. The molecule has 2 nitrogen and oxygen atoms in total. The standard InChI is InChI=1S/C16H23NO/c1-12-6-8-15(9-7-12)10-13(2)16(18)14(3)11-17(4)5/h6-10,14H,11H2,1-5H3. The Bertz CT molecular complexity index is 429. The van der Waals surface area contributed by atoms with E-state index in [0.29, 0.717) is 0 Å². The van der Waals surface area contributed by atoms with Crippen LogP contribution in [0.25, 0.3) is 6.08 Å². The first-order valence-electron chi connectivity index (χ1n) is 6.34. The lowest BCUT2D eigenvalue weighted by molar-refractivity contribution is -0.119. The van der Waals surface area contributed by atoms with Gasteiger partial charge in [0, 0.05) is 12.5 Å². The zero-order valence-corrected chi connectivity index (χ0v) is 12.0. The summed E-state index contributed by atoms with van der Waals surface area (Å²) >= 11 is 0. The first kappa shape index (κ1) is 14.7. The molecule has 0 heterocycles. The molecule has 0 aliphatic carbocycles. The van der Waals surface area contributed by atoms with Gasteiger partial charge in [-0.25, -0.2) is 0 Å². The first-order valence-corrected chi connectivity index (χ1v) is 6.34. The number of Topliss-reactive ketones (excluding diaryl/α,β-unsaturated/α-hetero) is 1. The van der Waals surface area contributed by atoms with Gasteiger partial charge in [-0.05, 0) is 45.2 Å². The molecule has 0 aliphatic heterocycles. The van der Waals surface area contributed by atoms with E-state index in [1.807, 2.05) is 51.1 Å². The number of allylic oxidation sites excluding steroid dienone is 1. The summed E-state index contributed by atoms with van der Waals surface area (Å²) in [5.41, 5.74) is 3.15. The Hall–Kier alpha value is -1.41. The monoisotopic (exact) mass is 245 g/mol. The molecule has 0 bridgehead atoms. The highest BCUT2D eigenvalue weighted by molar-refractivity contribution is 6.00. The van der Waals surface area contributed by atoms with E-state index in [1.165, 1.54) is 5.56 Å². The van der Waals surface area contributed by atoms with Gasteiger partial charge in [0.1, 0.15) is 0 Å². The van der Waals surface area contributed by atoms with Gasteiger partial charge < -0.3 is 4.90 Å². The second-order valence-electron chi connectivity index (χ2n) is 5.27. The molecule has 0 amide bonds. The maximum atomic E-state index is 12.2. The van der Waals surface area contributed by atoms with E-state index >= 15 is 0 Å². The van der Waals surface area contributed by atoms with Crippen molar-refractivity contribution in [2.45, 2.75) is 20.8 Å². The molecule has 0 saturated carbocycles. The highest BCUT2D eigenvalue weighted by atomic mass is 16.1. The average molecular weight is 245 g/mol. The van der Waals surface area contributed by atoms with Gasteiger partial charge >= 0.3 is 0 Å². The molecule has 1 rings (SSSR count). The molecular formula is C16H23NO. The van der Waals surface area contributed by atoms with Crippen LogP contribution in [0.4, 0.5) is 0 Å². The predicted octanol–water partition coefficient (Wildman–Crippen LogP) is 3.17. The van der Waals surface area contributed by atoms with Crippen molar-refractivity contribution in [2.75, 3.05) is 20.6 Å². The first-order chi connectivity index (χ1) is 8.40. The molecule has 0 aliphatic rings. The minimum absolute atomic E-state index is 0.0432. The summed E-state index contributed by atoms with van der Waals surface area (Å²) in [4.78, 5) is 14.2. The number of nitrogens with zero attached hydrogens (tertiary/aromatic N) is 1. The fourth-order valence-corrected chi connectivity index (χ4v) is 2.00. The minimum Gasteiger partial charge on any atom is -0.309 e. The Balaban J connectivity index is 2.76. The summed E-state index contributed by atoms with van der Waals surface area (Å²) < 4.78 is 0. The van der Waals surface area contributed by atoms with Crippen molar-refractivity contribution in [1.29, 1.82) is 0 Å².